The first kappa shape index (κ1) is 19.0. The van der Waals surface area contributed by atoms with E-state index in [1.54, 1.807) is 7.11 Å². The molecule has 2 aromatic rings. The number of methoxy groups -OCH3 is 1. The quantitative estimate of drug-likeness (QED) is 0.794. The number of hydrogen-bond donors (Lipinski definition) is 1. The van der Waals surface area contributed by atoms with Gasteiger partial charge in [-0.25, -0.2) is 0 Å². The number of carbonyl (C=O) groups is 1. The Labute approximate surface area is 150 Å². The molecular weight excluding hydrogens is 312 g/mol. The van der Waals surface area contributed by atoms with Crippen LogP contribution in [0, 0.1) is 0 Å². The highest BCUT2D eigenvalue weighted by Crippen LogP contribution is 2.26. The van der Waals surface area contributed by atoms with Crippen molar-refractivity contribution in [2.75, 3.05) is 26.7 Å². The van der Waals surface area contributed by atoms with Gasteiger partial charge in [-0.05, 0) is 43.3 Å². The molecule has 0 aliphatic carbocycles. The highest BCUT2D eigenvalue weighted by atomic mass is 16.5. The monoisotopic (exact) mass is 340 g/mol. The molecule has 1 amide bonds. The van der Waals surface area contributed by atoms with Gasteiger partial charge in [0, 0.05) is 12.6 Å². The van der Waals surface area contributed by atoms with Gasteiger partial charge in [0.2, 0.25) is 0 Å². The molecule has 134 valence electrons. The van der Waals surface area contributed by atoms with Gasteiger partial charge in [0.05, 0.1) is 12.7 Å². The number of nitrogens with one attached hydrogen (secondary N) is 1. The van der Waals surface area contributed by atoms with Crippen LogP contribution in [0.2, 0.25) is 0 Å². The number of likely N-dealkylation sites (N-methyl/N-ethyl adjacent to an activating group) is 1. The zero-order chi connectivity index (χ0) is 18.2. The fourth-order valence-corrected chi connectivity index (χ4v) is 3.01. The Hall–Kier alpha value is -2.33. The predicted octanol–water partition coefficient (Wildman–Crippen LogP) is 3.82. The maximum Gasteiger partial charge on any atom is 0.255 e. The molecule has 0 radical (unpaired) electrons. The van der Waals surface area contributed by atoms with Gasteiger partial charge in [-0.1, -0.05) is 50.2 Å². The average molecular weight is 340 g/mol. The minimum absolute atomic E-state index is 0.103. The molecule has 2 rings (SSSR count). The molecule has 0 fully saturated rings. The van der Waals surface area contributed by atoms with Crippen LogP contribution in [0.3, 0.4) is 0 Å². The Morgan fingerprint density at radius 2 is 1.76 bits per heavy atom. The summed E-state index contributed by atoms with van der Waals surface area (Å²) in [5, 5.41) is 3.04. The van der Waals surface area contributed by atoms with Crippen LogP contribution in [-0.2, 0) is 0 Å². The maximum atomic E-state index is 12.7. The van der Waals surface area contributed by atoms with Crippen molar-refractivity contribution in [2.24, 2.45) is 0 Å². The van der Waals surface area contributed by atoms with E-state index in [0.717, 1.165) is 24.2 Å². The molecule has 1 unspecified atom stereocenters. The van der Waals surface area contributed by atoms with Gasteiger partial charge >= 0.3 is 0 Å². The van der Waals surface area contributed by atoms with E-state index >= 15 is 0 Å². The first-order valence-corrected chi connectivity index (χ1v) is 8.86. The van der Waals surface area contributed by atoms with Crippen molar-refractivity contribution in [3.8, 4) is 16.9 Å². The van der Waals surface area contributed by atoms with Crippen molar-refractivity contribution < 1.29 is 9.53 Å². The highest BCUT2D eigenvalue weighted by Gasteiger charge is 2.16. The maximum absolute atomic E-state index is 12.7. The predicted molar refractivity (Wildman–Crippen MR) is 103 cm³/mol. The highest BCUT2D eigenvalue weighted by molar-refractivity contribution is 5.98. The molecule has 0 aliphatic heterocycles. The van der Waals surface area contributed by atoms with E-state index in [1.807, 2.05) is 48.5 Å². The first-order valence-electron chi connectivity index (χ1n) is 8.86. The van der Waals surface area contributed by atoms with Crippen molar-refractivity contribution in [2.45, 2.75) is 26.8 Å². The summed E-state index contributed by atoms with van der Waals surface area (Å²) < 4.78 is 5.38. The summed E-state index contributed by atoms with van der Waals surface area (Å²) in [6, 6.07) is 16.0. The lowest BCUT2D eigenvalue weighted by Crippen LogP contribution is -2.42. The molecule has 1 N–H and O–H groups in total. The Kier molecular flexibility index (Phi) is 7.02. The molecule has 1 atom stereocenters. The van der Waals surface area contributed by atoms with Crippen LogP contribution in [0.5, 0.6) is 5.75 Å². The normalized spacial score (nSPS) is 12.0. The zero-order valence-electron chi connectivity index (χ0n) is 15.6. The number of hydrogen-bond acceptors (Lipinski definition) is 3. The van der Waals surface area contributed by atoms with E-state index in [2.05, 4.69) is 31.0 Å². The minimum Gasteiger partial charge on any atom is -0.496 e. The second-order valence-electron chi connectivity index (χ2n) is 6.06. The summed E-state index contributed by atoms with van der Waals surface area (Å²) in [6.07, 6.45) is 0. The van der Waals surface area contributed by atoms with Crippen molar-refractivity contribution in [1.82, 2.24) is 10.2 Å². The summed E-state index contributed by atoms with van der Waals surface area (Å²) in [5.41, 5.74) is 2.65. The third kappa shape index (κ3) is 4.83. The first-order chi connectivity index (χ1) is 12.1. The molecule has 0 saturated carbocycles. The van der Waals surface area contributed by atoms with Gasteiger partial charge in [0.25, 0.3) is 5.91 Å². The Morgan fingerprint density at radius 3 is 2.36 bits per heavy atom. The lowest BCUT2D eigenvalue weighted by atomic mass is 10.0. The van der Waals surface area contributed by atoms with Gasteiger partial charge in [-0.3, -0.25) is 9.69 Å². The topological polar surface area (TPSA) is 41.6 Å². The molecule has 4 nitrogen and oxygen atoms in total. The van der Waals surface area contributed by atoms with Crippen molar-refractivity contribution >= 4 is 5.91 Å². The van der Waals surface area contributed by atoms with Gasteiger partial charge in [0.15, 0.2) is 0 Å². The van der Waals surface area contributed by atoms with Gasteiger partial charge < -0.3 is 10.1 Å². The van der Waals surface area contributed by atoms with E-state index in [9.17, 15) is 4.79 Å². The van der Waals surface area contributed by atoms with E-state index in [-0.39, 0.29) is 5.91 Å². The molecule has 2 aromatic carbocycles. The molecule has 0 aromatic heterocycles. The number of amides is 1. The third-order valence-electron chi connectivity index (χ3n) is 4.54. The Morgan fingerprint density at radius 1 is 1.08 bits per heavy atom. The van der Waals surface area contributed by atoms with Crippen molar-refractivity contribution in [1.29, 1.82) is 0 Å². The summed E-state index contributed by atoms with van der Waals surface area (Å²) in [7, 11) is 1.59. The molecule has 0 heterocycles. The summed E-state index contributed by atoms with van der Waals surface area (Å²) in [6.45, 7) is 8.95. The second kappa shape index (κ2) is 9.23. The molecule has 0 bridgehead atoms. The van der Waals surface area contributed by atoms with Gasteiger partial charge in [-0.2, -0.15) is 0 Å². The van der Waals surface area contributed by atoms with Gasteiger partial charge in [-0.15, -0.1) is 0 Å². The number of ether oxygens (including phenoxy) is 1. The average Bonchev–Trinajstić information content (AvgIpc) is 2.67. The van der Waals surface area contributed by atoms with Crippen molar-refractivity contribution in [3.63, 3.8) is 0 Å². The second-order valence-corrected chi connectivity index (χ2v) is 6.06. The molecule has 4 heteroatoms. The van der Waals surface area contributed by atoms with Crippen LogP contribution < -0.4 is 10.1 Å². The van der Waals surface area contributed by atoms with Crippen molar-refractivity contribution in [3.05, 3.63) is 54.1 Å². The fourth-order valence-electron chi connectivity index (χ4n) is 3.01. The molecular formula is C21H28N2O2. The zero-order valence-corrected chi connectivity index (χ0v) is 15.6. The lowest BCUT2D eigenvalue weighted by Gasteiger charge is -2.26. The SMILES string of the molecule is CCN(CC)C(C)CNC(=O)c1cc(-c2ccccc2)ccc1OC. The van der Waals surface area contributed by atoms with Crippen LogP contribution in [0.25, 0.3) is 11.1 Å². The van der Waals surface area contributed by atoms with Crippen LogP contribution in [0.1, 0.15) is 31.1 Å². The minimum atomic E-state index is -0.103. The lowest BCUT2D eigenvalue weighted by molar-refractivity contribution is 0.0935. The molecule has 25 heavy (non-hydrogen) atoms. The van der Waals surface area contributed by atoms with Crippen LogP contribution in [-0.4, -0.2) is 43.6 Å². The summed E-state index contributed by atoms with van der Waals surface area (Å²) >= 11 is 0. The standard InChI is InChI=1S/C21H28N2O2/c1-5-23(6-2)16(3)15-22-21(24)19-14-18(12-13-20(19)25-4)17-10-8-7-9-11-17/h7-14,16H,5-6,15H2,1-4H3,(H,22,24). The van der Waals surface area contributed by atoms with Gasteiger partial charge in [0.1, 0.15) is 5.75 Å². The smallest absolute Gasteiger partial charge is 0.255 e. The largest absolute Gasteiger partial charge is 0.496 e. The van der Waals surface area contributed by atoms with E-state index in [0.29, 0.717) is 23.9 Å². The number of carbonyl (C=O) groups excluding carboxylic acids is 1. The summed E-state index contributed by atoms with van der Waals surface area (Å²) in [5.74, 6) is 0.487. The Balaban J connectivity index is 2.17. The van der Waals surface area contributed by atoms with Crippen LogP contribution >= 0.6 is 0 Å². The van der Waals surface area contributed by atoms with Crippen LogP contribution in [0.4, 0.5) is 0 Å². The molecule has 0 aliphatic rings. The number of rotatable bonds is 8. The molecule has 0 saturated heterocycles. The van der Waals surface area contributed by atoms with E-state index < -0.39 is 0 Å². The third-order valence-corrected chi connectivity index (χ3v) is 4.54. The number of nitrogens with zero attached hydrogens (tertiary/aromatic N) is 1. The Bertz CT molecular complexity index is 682. The fraction of sp³-hybridized carbons (Fsp3) is 0.381. The summed E-state index contributed by atoms with van der Waals surface area (Å²) in [4.78, 5) is 15.0. The number of benzene rings is 2. The van der Waals surface area contributed by atoms with E-state index in [1.165, 1.54) is 0 Å². The van der Waals surface area contributed by atoms with Crippen LogP contribution in [0.15, 0.2) is 48.5 Å². The molecule has 0 spiro atoms. The van der Waals surface area contributed by atoms with E-state index in [4.69, 9.17) is 4.74 Å².